The number of aliphatic hydroxyl groups is 1. The molecule has 1 fully saturated rings. The van der Waals surface area contributed by atoms with E-state index in [2.05, 4.69) is 18.8 Å². The van der Waals surface area contributed by atoms with Gasteiger partial charge >= 0.3 is 0 Å². The molecule has 7 nitrogen and oxygen atoms in total. The van der Waals surface area contributed by atoms with E-state index in [9.17, 15) is 18.8 Å². The molecular weight excluding hydrogens is 424 g/mol. The molecule has 166 valence electrons. The normalized spacial score (nSPS) is 20.7. The molecule has 2 aromatic carbocycles. The molecule has 1 saturated heterocycles. The van der Waals surface area contributed by atoms with Crippen LogP contribution in [0.2, 0.25) is 0 Å². The first kappa shape index (κ1) is 22.1. The van der Waals surface area contributed by atoms with E-state index in [1.165, 1.54) is 28.6 Å². The first-order valence-corrected chi connectivity index (χ1v) is 12.0. The molecule has 0 saturated carbocycles. The zero-order valence-corrected chi connectivity index (χ0v) is 19.2. The van der Waals surface area contributed by atoms with Crippen molar-refractivity contribution in [3.05, 3.63) is 59.9 Å². The fourth-order valence-corrected chi connectivity index (χ4v) is 6.14. The number of aliphatic hydroxyl groups excluding tert-OH is 1. The summed E-state index contributed by atoms with van der Waals surface area (Å²) in [5.41, 5.74) is 1.94. The minimum Gasteiger partial charge on any atom is -0.506 e. The maximum Gasteiger partial charge on any atom is 0.243 e. The van der Waals surface area contributed by atoms with Crippen LogP contribution in [0.4, 0.5) is 0 Å². The molecule has 2 atom stereocenters. The molecule has 1 N–H and O–H groups in total. The summed E-state index contributed by atoms with van der Waals surface area (Å²) in [6.07, 6.45) is 1.02. The summed E-state index contributed by atoms with van der Waals surface area (Å²) in [5.74, 6) is 0.729. The van der Waals surface area contributed by atoms with Crippen LogP contribution in [0, 0.1) is 23.2 Å². The maximum atomic E-state index is 13.1. The van der Waals surface area contributed by atoms with Crippen LogP contribution in [0.1, 0.15) is 31.7 Å². The van der Waals surface area contributed by atoms with Gasteiger partial charge in [-0.2, -0.15) is 9.57 Å². The van der Waals surface area contributed by atoms with Crippen LogP contribution in [-0.4, -0.2) is 40.5 Å². The number of aryl methyl sites for hydroxylation is 1. The molecule has 0 bridgehead atoms. The number of sulfonamides is 1. The van der Waals surface area contributed by atoms with Crippen molar-refractivity contribution in [2.24, 2.45) is 18.9 Å². The Labute approximate surface area is 188 Å². The van der Waals surface area contributed by atoms with Gasteiger partial charge in [-0.3, -0.25) is 0 Å². The predicted molar refractivity (Wildman–Crippen MR) is 124 cm³/mol. The van der Waals surface area contributed by atoms with Gasteiger partial charge in [-0.15, -0.1) is 0 Å². The van der Waals surface area contributed by atoms with Gasteiger partial charge in [0.1, 0.15) is 17.4 Å². The molecular formula is C24H26N4O3S. The van der Waals surface area contributed by atoms with Crippen LogP contribution >= 0.6 is 0 Å². The number of hydrogen-bond acceptors (Lipinski definition) is 5. The zero-order chi connectivity index (χ0) is 23.0. The van der Waals surface area contributed by atoms with Gasteiger partial charge < -0.3 is 9.67 Å². The summed E-state index contributed by atoms with van der Waals surface area (Å²) in [6.45, 7) is 5.14. The molecule has 3 aromatic rings. The van der Waals surface area contributed by atoms with Crippen LogP contribution in [0.3, 0.4) is 0 Å². The molecule has 0 unspecified atom stereocenters. The van der Waals surface area contributed by atoms with Crippen molar-refractivity contribution < 1.29 is 13.5 Å². The molecule has 0 radical (unpaired) electrons. The molecule has 8 heteroatoms. The van der Waals surface area contributed by atoms with Crippen molar-refractivity contribution in [1.29, 1.82) is 5.26 Å². The van der Waals surface area contributed by atoms with E-state index in [1.54, 1.807) is 11.6 Å². The van der Waals surface area contributed by atoms with Crippen LogP contribution < -0.4 is 0 Å². The number of hydrogen-bond donors (Lipinski definition) is 1. The van der Waals surface area contributed by atoms with Crippen molar-refractivity contribution in [3.63, 3.8) is 0 Å². The number of aromatic nitrogens is 2. The standard InChI is InChI=1S/C24H26N4O3S/c1-16-12-17(2)15-28(14-16)32(30,31)19-10-8-18(9-11-19)23(29)20(13-25)24-26-21-6-4-5-7-22(21)27(24)3/h4-11,16-17,29H,12,14-15H2,1-3H3/t16-,17-/m0/s1. The number of imidazole rings is 1. The van der Waals surface area contributed by atoms with Gasteiger partial charge in [-0.1, -0.05) is 26.0 Å². The van der Waals surface area contributed by atoms with Crippen molar-refractivity contribution in [1.82, 2.24) is 13.9 Å². The maximum absolute atomic E-state index is 13.1. The van der Waals surface area contributed by atoms with E-state index in [1.807, 2.05) is 30.3 Å². The van der Waals surface area contributed by atoms with Gasteiger partial charge in [0.2, 0.25) is 10.0 Å². The SMILES string of the molecule is C[C@H]1C[C@H](C)CN(S(=O)(=O)c2ccc(C(O)=C(C#N)c3nc4ccccc4n3C)cc2)C1. The molecule has 0 amide bonds. The Kier molecular flexibility index (Phi) is 5.80. The average Bonchev–Trinajstić information content (AvgIpc) is 3.10. The molecule has 4 rings (SSSR count). The lowest BCUT2D eigenvalue weighted by atomic mass is 9.94. The highest BCUT2D eigenvalue weighted by atomic mass is 32.2. The quantitative estimate of drug-likeness (QED) is 0.475. The summed E-state index contributed by atoms with van der Waals surface area (Å²) < 4.78 is 29.5. The number of benzene rings is 2. The van der Waals surface area contributed by atoms with E-state index < -0.39 is 10.0 Å². The van der Waals surface area contributed by atoms with Gasteiger partial charge in [0.05, 0.1) is 15.9 Å². The fraction of sp³-hybridized carbons (Fsp3) is 0.333. The second-order valence-corrected chi connectivity index (χ2v) is 10.5. The van der Waals surface area contributed by atoms with E-state index >= 15 is 0 Å². The number of allylic oxidation sites excluding steroid dienone is 1. The smallest absolute Gasteiger partial charge is 0.243 e. The van der Waals surface area contributed by atoms with E-state index in [0.29, 0.717) is 36.3 Å². The topological polar surface area (TPSA) is 99.2 Å². The number of rotatable bonds is 4. The Hall–Kier alpha value is -3.15. The third-order valence-corrected chi connectivity index (χ3v) is 7.81. The predicted octanol–water partition coefficient (Wildman–Crippen LogP) is 4.19. The van der Waals surface area contributed by atoms with Crippen LogP contribution in [0.15, 0.2) is 53.4 Å². The third-order valence-electron chi connectivity index (χ3n) is 5.96. The number of nitriles is 1. The highest BCUT2D eigenvalue weighted by Gasteiger charge is 2.31. The second-order valence-electron chi connectivity index (χ2n) is 8.61. The van der Waals surface area contributed by atoms with Crippen molar-refractivity contribution >= 4 is 32.4 Å². The number of para-hydroxylation sites is 2. The summed E-state index contributed by atoms with van der Waals surface area (Å²) in [4.78, 5) is 4.66. The number of fused-ring (bicyclic) bond motifs is 1. The van der Waals surface area contributed by atoms with Gasteiger partial charge in [0.25, 0.3) is 0 Å². The largest absolute Gasteiger partial charge is 0.506 e. The molecule has 0 spiro atoms. The highest BCUT2D eigenvalue weighted by molar-refractivity contribution is 7.89. The van der Waals surface area contributed by atoms with Crippen LogP contribution in [-0.2, 0) is 17.1 Å². The summed E-state index contributed by atoms with van der Waals surface area (Å²) >= 11 is 0. The summed E-state index contributed by atoms with van der Waals surface area (Å²) in [5, 5.41) is 20.6. The lowest BCUT2D eigenvalue weighted by Crippen LogP contribution is -2.42. The highest BCUT2D eigenvalue weighted by Crippen LogP contribution is 2.29. The Morgan fingerprint density at radius 3 is 2.31 bits per heavy atom. The Bertz CT molecular complexity index is 1320. The van der Waals surface area contributed by atoms with Crippen molar-refractivity contribution in [2.45, 2.75) is 25.2 Å². The molecule has 1 aliphatic rings. The van der Waals surface area contributed by atoms with Crippen molar-refractivity contribution in [2.75, 3.05) is 13.1 Å². The summed E-state index contributed by atoms with van der Waals surface area (Å²) in [7, 11) is -1.83. The monoisotopic (exact) mass is 450 g/mol. The fourth-order valence-electron chi connectivity index (χ4n) is 4.46. The molecule has 1 aromatic heterocycles. The van der Waals surface area contributed by atoms with Crippen LogP contribution in [0.5, 0.6) is 0 Å². The first-order chi connectivity index (χ1) is 15.2. The van der Waals surface area contributed by atoms with E-state index in [-0.39, 0.29) is 16.2 Å². The van der Waals surface area contributed by atoms with E-state index in [4.69, 9.17) is 0 Å². The molecule has 1 aliphatic heterocycles. The second kappa shape index (κ2) is 8.41. The summed E-state index contributed by atoms with van der Waals surface area (Å²) in [6, 6.07) is 15.5. The molecule has 0 aliphatic carbocycles. The third kappa shape index (κ3) is 3.90. The minimum atomic E-state index is -3.62. The van der Waals surface area contributed by atoms with Gasteiger partial charge in [-0.05, 0) is 54.7 Å². The Morgan fingerprint density at radius 1 is 1.09 bits per heavy atom. The number of piperidine rings is 1. The van der Waals surface area contributed by atoms with Gasteiger partial charge in [0, 0.05) is 25.7 Å². The average molecular weight is 451 g/mol. The Balaban J connectivity index is 1.69. The lowest BCUT2D eigenvalue weighted by molar-refractivity contribution is 0.222. The van der Waals surface area contributed by atoms with Gasteiger partial charge in [0.15, 0.2) is 5.82 Å². The lowest BCUT2D eigenvalue weighted by Gasteiger charge is -2.34. The molecule has 2 heterocycles. The zero-order valence-electron chi connectivity index (χ0n) is 18.4. The van der Waals surface area contributed by atoms with Crippen LogP contribution in [0.25, 0.3) is 22.4 Å². The first-order valence-electron chi connectivity index (χ1n) is 10.6. The van der Waals surface area contributed by atoms with Crippen molar-refractivity contribution in [3.8, 4) is 6.07 Å². The van der Waals surface area contributed by atoms with E-state index in [0.717, 1.165) is 17.5 Å². The minimum absolute atomic E-state index is 0.0259. The number of nitrogens with zero attached hydrogens (tertiary/aromatic N) is 4. The van der Waals surface area contributed by atoms with Gasteiger partial charge in [-0.25, -0.2) is 13.4 Å². The molecule has 32 heavy (non-hydrogen) atoms. The Morgan fingerprint density at radius 2 is 1.72 bits per heavy atom.